The Morgan fingerprint density at radius 2 is 2.00 bits per heavy atom. The highest BCUT2D eigenvalue weighted by molar-refractivity contribution is 8.00. The van der Waals surface area contributed by atoms with Crippen LogP contribution in [0.25, 0.3) is 0 Å². The van der Waals surface area contributed by atoms with Crippen molar-refractivity contribution in [3.05, 3.63) is 58.1 Å². The highest BCUT2D eigenvalue weighted by Gasteiger charge is 2.24. The number of hydrogen-bond donors (Lipinski definition) is 0. The van der Waals surface area contributed by atoms with E-state index in [1.807, 2.05) is 24.3 Å². The maximum absolute atomic E-state index is 12.1. The van der Waals surface area contributed by atoms with Crippen LogP contribution in [0.1, 0.15) is 12.0 Å². The molecule has 2 aromatic carbocycles. The Morgan fingerprint density at radius 1 is 1.20 bits per heavy atom. The van der Waals surface area contributed by atoms with Gasteiger partial charge in [0.05, 0.1) is 17.9 Å². The molecule has 0 unspecified atom stereocenters. The number of carbonyl (C=O) groups is 2. The van der Waals surface area contributed by atoms with E-state index in [1.165, 1.54) is 11.8 Å². The number of fused-ring (bicyclic) bond motifs is 1. The SMILES string of the molecule is O=C(CCN1C(=O)CSc2ccccc21)OCc1ccc(Cl)cc1Cl. The zero-order valence-corrected chi connectivity index (χ0v) is 15.5. The van der Waals surface area contributed by atoms with Crippen LogP contribution < -0.4 is 4.90 Å². The summed E-state index contributed by atoms with van der Waals surface area (Å²) in [5, 5.41) is 0.984. The summed E-state index contributed by atoms with van der Waals surface area (Å²) in [5.74, 6) is -0.00123. The standard InChI is InChI=1S/C18H15Cl2NO3S/c19-13-6-5-12(14(20)9-13)10-24-18(23)7-8-21-15-3-1-2-4-16(15)25-11-17(21)22/h1-6,9H,7-8,10-11H2. The van der Waals surface area contributed by atoms with Gasteiger partial charge in [0, 0.05) is 27.0 Å². The monoisotopic (exact) mass is 395 g/mol. The maximum atomic E-state index is 12.1. The molecule has 1 aliphatic heterocycles. The van der Waals surface area contributed by atoms with Crippen molar-refractivity contribution in [2.75, 3.05) is 17.2 Å². The van der Waals surface area contributed by atoms with E-state index in [1.54, 1.807) is 23.1 Å². The lowest BCUT2D eigenvalue weighted by molar-refractivity contribution is -0.144. The molecule has 0 radical (unpaired) electrons. The summed E-state index contributed by atoms with van der Waals surface area (Å²) in [6, 6.07) is 12.7. The number of amides is 1. The molecule has 0 fully saturated rings. The first kappa shape index (κ1) is 18.1. The lowest BCUT2D eigenvalue weighted by Crippen LogP contribution is -2.37. The molecule has 0 atom stereocenters. The molecule has 7 heteroatoms. The van der Waals surface area contributed by atoms with Crippen molar-refractivity contribution in [2.45, 2.75) is 17.9 Å². The van der Waals surface area contributed by atoms with E-state index in [4.69, 9.17) is 27.9 Å². The Labute approximate surface area is 160 Å². The van der Waals surface area contributed by atoms with Crippen molar-refractivity contribution in [3.63, 3.8) is 0 Å². The van der Waals surface area contributed by atoms with Crippen molar-refractivity contribution in [1.29, 1.82) is 0 Å². The Kier molecular flexibility index (Phi) is 5.89. The Bertz CT molecular complexity index is 813. The first-order valence-electron chi connectivity index (χ1n) is 7.66. The normalized spacial score (nSPS) is 13.5. The van der Waals surface area contributed by atoms with Gasteiger partial charge < -0.3 is 9.64 Å². The van der Waals surface area contributed by atoms with Gasteiger partial charge in [-0.15, -0.1) is 11.8 Å². The minimum absolute atomic E-state index is 0.00255. The van der Waals surface area contributed by atoms with Crippen LogP contribution in [0.5, 0.6) is 0 Å². The van der Waals surface area contributed by atoms with Crippen molar-refractivity contribution in [3.8, 4) is 0 Å². The van der Waals surface area contributed by atoms with Crippen LogP contribution >= 0.6 is 35.0 Å². The fourth-order valence-electron chi connectivity index (χ4n) is 2.47. The molecule has 0 bridgehead atoms. The number of hydrogen-bond acceptors (Lipinski definition) is 4. The van der Waals surface area contributed by atoms with E-state index in [0.717, 1.165) is 10.6 Å². The van der Waals surface area contributed by atoms with Gasteiger partial charge in [0.2, 0.25) is 5.91 Å². The second-order valence-electron chi connectivity index (χ2n) is 5.45. The predicted octanol–water partition coefficient (Wildman–Crippen LogP) is 4.57. The number of anilines is 1. The van der Waals surface area contributed by atoms with Gasteiger partial charge in [-0.2, -0.15) is 0 Å². The number of rotatable bonds is 5. The number of ether oxygens (including phenoxy) is 1. The van der Waals surface area contributed by atoms with E-state index >= 15 is 0 Å². The van der Waals surface area contributed by atoms with Crippen LogP contribution in [0.3, 0.4) is 0 Å². The second-order valence-corrected chi connectivity index (χ2v) is 7.31. The van der Waals surface area contributed by atoms with Crippen LogP contribution in [-0.2, 0) is 20.9 Å². The van der Waals surface area contributed by atoms with Crippen molar-refractivity contribution < 1.29 is 14.3 Å². The van der Waals surface area contributed by atoms with Crippen LogP contribution in [0.15, 0.2) is 47.4 Å². The molecule has 1 aliphatic rings. The molecule has 1 amide bonds. The van der Waals surface area contributed by atoms with Crippen molar-refractivity contribution in [1.82, 2.24) is 0 Å². The molecule has 2 aromatic rings. The number of benzene rings is 2. The van der Waals surface area contributed by atoms with E-state index in [0.29, 0.717) is 27.9 Å². The molecule has 1 heterocycles. The Balaban J connectivity index is 1.56. The Hall–Kier alpha value is -1.69. The van der Waals surface area contributed by atoms with Crippen LogP contribution in [-0.4, -0.2) is 24.2 Å². The zero-order chi connectivity index (χ0) is 17.8. The molecule has 0 spiro atoms. The van der Waals surface area contributed by atoms with Crippen LogP contribution in [0, 0.1) is 0 Å². The highest BCUT2D eigenvalue weighted by atomic mass is 35.5. The average Bonchev–Trinajstić information content (AvgIpc) is 2.60. The minimum Gasteiger partial charge on any atom is -0.461 e. The van der Waals surface area contributed by atoms with Gasteiger partial charge in [-0.1, -0.05) is 41.4 Å². The number of halogens is 2. The van der Waals surface area contributed by atoms with Crippen molar-refractivity contribution >= 4 is 52.5 Å². The number of nitrogens with zero attached hydrogens (tertiary/aromatic N) is 1. The van der Waals surface area contributed by atoms with Gasteiger partial charge in [-0.3, -0.25) is 9.59 Å². The lowest BCUT2D eigenvalue weighted by atomic mass is 10.2. The molecule has 3 rings (SSSR count). The number of thioether (sulfide) groups is 1. The third-order valence-corrected chi connectivity index (χ3v) is 5.39. The molecule has 0 N–H and O–H groups in total. The summed E-state index contributed by atoms with van der Waals surface area (Å²) < 4.78 is 5.25. The largest absolute Gasteiger partial charge is 0.461 e. The second kappa shape index (κ2) is 8.13. The summed E-state index contributed by atoms with van der Waals surface area (Å²) in [7, 11) is 0. The van der Waals surface area contributed by atoms with Crippen LogP contribution in [0.4, 0.5) is 5.69 Å². The third-order valence-electron chi connectivity index (χ3n) is 3.75. The van der Waals surface area contributed by atoms with E-state index in [-0.39, 0.29) is 24.9 Å². The zero-order valence-electron chi connectivity index (χ0n) is 13.2. The first-order chi connectivity index (χ1) is 12.0. The topological polar surface area (TPSA) is 46.6 Å². The van der Waals surface area contributed by atoms with Crippen molar-refractivity contribution in [2.24, 2.45) is 0 Å². The highest BCUT2D eigenvalue weighted by Crippen LogP contribution is 2.34. The summed E-state index contributed by atoms with van der Waals surface area (Å²) in [4.78, 5) is 26.9. The van der Waals surface area contributed by atoms with Gasteiger partial charge >= 0.3 is 5.97 Å². The molecular weight excluding hydrogens is 381 g/mol. The lowest BCUT2D eigenvalue weighted by Gasteiger charge is -2.28. The van der Waals surface area contributed by atoms with Gasteiger partial charge in [0.25, 0.3) is 0 Å². The molecule has 25 heavy (non-hydrogen) atoms. The summed E-state index contributed by atoms with van der Waals surface area (Å²) in [5.41, 5.74) is 1.53. The molecular formula is C18H15Cl2NO3S. The quantitative estimate of drug-likeness (QED) is 0.695. The van der Waals surface area contributed by atoms with Crippen LogP contribution in [0.2, 0.25) is 10.0 Å². The molecule has 130 valence electrons. The molecule has 0 aliphatic carbocycles. The first-order valence-corrected chi connectivity index (χ1v) is 9.40. The summed E-state index contributed by atoms with van der Waals surface area (Å²) >= 11 is 13.4. The van der Waals surface area contributed by atoms with E-state index in [2.05, 4.69) is 0 Å². The van der Waals surface area contributed by atoms with Gasteiger partial charge in [0.15, 0.2) is 0 Å². The summed E-state index contributed by atoms with van der Waals surface area (Å²) in [6.45, 7) is 0.374. The number of carbonyl (C=O) groups excluding carboxylic acids is 2. The number of esters is 1. The van der Waals surface area contributed by atoms with Gasteiger partial charge in [0.1, 0.15) is 6.61 Å². The predicted molar refractivity (Wildman–Crippen MR) is 100 cm³/mol. The Morgan fingerprint density at radius 3 is 2.80 bits per heavy atom. The smallest absolute Gasteiger partial charge is 0.307 e. The average molecular weight is 396 g/mol. The fourth-order valence-corrected chi connectivity index (χ4v) is 3.87. The molecule has 0 saturated heterocycles. The minimum atomic E-state index is -0.380. The third kappa shape index (κ3) is 4.48. The fraction of sp³-hybridized carbons (Fsp3) is 0.222. The molecule has 0 aromatic heterocycles. The molecule has 0 saturated carbocycles. The van der Waals surface area contributed by atoms with Gasteiger partial charge in [-0.05, 0) is 24.3 Å². The van der Waals surface area contributed by atoms with E-state index in [9.17, 15) is 9.59 Å². The summed E-state index contributed by atoms with van der Waals surface area (Å²) in [6.07, 6.45) is 0.121. The number of para-hydroxylation sites is 1. The maximum Gasteiger partial charge on any atom is 0.307 e. The van der Waals surface area contributed by atoms with Gasteiger partial charge in [-0.25, -0.2) is 0 Å². The van der Waals surface area contributed by atoms with E-state index < -0.39 is 0 Å². The molecule has 4 nitrogen and oxygen atoms in total.